The minimum absolute atomic E-state index is 0.139. The van der Waals surface area contributed by atoms with E-state index < -0.39 is 5.54 Å². The third-order valence-corrected chi connectivity index (χ3v) is 7.05. The Labute approximate surface area is 177 Å². The van der Waals surface area contributed by atoms with Gasteiger partial charge < -0.3 is 10.6 Å². The van der Waals surface area contributed by atoms with Crippen LogP contribution in [0.25, 0.3) is 0 Å². The number of nitrogens with one attached hydrogen (secondary N) is 4. The summed E-state index contributed by atoms with van der Waals surface area (Å²) >= 11 is 5.29. The van der Waals surface area contributed by atoms with Crippen LogP contribution >= 0.6 is 12.2 Å². The number of imide groups is 1. The molecule has 8 nitrogen and oxygen atoms in total. The molecule has 4 N–H and O–H groups in total. The zero-order valence-corrected chi connectivity index (χ0v) is 18.2. The van der Waals surface area contributed by atoms with Crippen molar-refractivity contribution in [2.24, 2.45) is 11.8 Å². The number of hydrogen-bond donors (Lipinski definition) is 4. The van der Waals surface area contributed by atoms with E-state index in [9.17, 15) is 14.4 Å². The molecule has 3 fully saturated rings. The predicted octanol–water partition coefficient (Wildman–Crippen LogP) is 1.95. The van der Waals surface area contributed by atoms with Gasteiger partial charge in [0.15, 0.2) is 5.11 Å². The van der Waals surface area contributed by atoms with Crippen LogP contribution in [-0.2, 0) is 9.59 Å². The molecule has 2 saturated carbocycles. The molecule has 0 radical (unpaired) electrons. The Kier molecular flexibility index (Phi) is 6.97. The van der Waals surface area contributed by atoms with Gasteiger partial charge in [0.2, 0.25) is 5.91 Å². The van der Waals surface area contributed by atoms with E-state index in [1.165, 1.54) is 17.7 Å². The molecule has 0 aromatic rings. The average molecular weight is 424 g/mol. The SMILES string of the molecule is C[C@@H]1[C@@H](C)CCC[C@H]1NC(=S)NNC(=O)CCCN1C(=O)NC2(CCCC2)C1=O. The van der Waals surface area contributed by atoms with Crippen molar-refractivity contribution in [2.45, 2.75) is 83.2 Å². The Hall–Kier alpha value is -1.90. The summed E-state index contributed by atoms with van der Waals surface area (Å²) in [5.41, 5.74) is 4.67. The molecule has 3 atom stereocenters. The maximum atomic E-state index is 12.6. The van der Waals surface area contributed by atoms with Gasteiger partial charge in [-0.1, -0.05) is 39.5 Å². The van der Waals surface area contributed by atoms with Gasteiger partial charge in [0, 0.05) is 19.0 Å². The van der Waals surface area contributed by atoms with Crippen LogP contribution in [0, 0.1) is 11.8 Å². The molecule has 1 saturated heterocycles. The monoisotopic (exact) mass is 423 g/mol. The van der Waals surface area contributed by atoms with Gasteiger partial charge >= 0.3 is 6.03 Å². The Bertz CT molecular complexity index is 665. The van der Waals surface area contributed by atoms with Crippen molar-refractivity contribution in [2.75, 3.05) is 6.54 Å². The highest BCUT2D eigenvalue weighted by atomic mass is 32.1. The number of amides is 4. The molecule has 1 aliphatic heterocycles. The molecule has 9 heteroatoms. The van der Waals surface area contributed by atoms with Gasteiger partial charge in [-0.05, 0) is 49.7 Å². The van der Waals surface area contributed by atoms with Crippen LogP contribution in [0.2, 0.25) is 0 Å². The standard InChI is InChI=1S/C20H33N5O3S/c1-13-7-5-8-15(14(13)2)21-18(29)24-23-16(26)9-6-12-25-17(27)20(22-19(25)28)10-3-4-11-20/h13-15H,3-12H2,1-2H3,(H,22,28)(H,23,26)(H2,21,24,29)/t13-,14+,15+/m0/s1. The fraction of sp³-hybridized carbons (Fsp3) is 0.800. The molecule has 1 spiro atoms. The third-order valence-electron chi connectivity index (χ3n) is 6.83. The summed E-state index contributed by atoms with van der Waals surface area (Å²) in [6, 6.07) is -0.0186. The summed E-state index contributed by atoms with van der Waals surface area (Å²) in [5.74, 6) is 0.834. The number of hydrogen-bond acceptors (Lipinski definition) is 4. The van der Waals surface area contributed by atoms with Crippen molar-refractivity contribution in [3.63, 3.8) is 0 Å². The van der Waals surface area contributed by atoms with E-state index in [1.807, 2.05) is 0 Å². The van der Waals surface area contributed by atoms with Crippen LogP contribution in [0.1, 0.15) is 71.6 Å². The first kappa shape index (κ1) is 21.8. The number of nitrogens with zero attached hydrogens (tertiary/aromatic N) is 1. The number of hydrazine groups is 1. The number of carbonyl (C=O) groups is 3. The Balaban J connectivity index is 1.34. The number of thiocarbonyl (C=S) groups is 1. The number of rotatable bonds is 5. The molecular formula is C20H33N5O3S. The van der Waals surface area contributed by atoms with E-state index in [0.29, 0.717) is 42.3 Å². The lowest BCUT2D eigenvalue weighted by atomic mass is 9.78. The fourth-order valence-corrected chi connectivity index (χ4v) is 4.98. The van der Waals surface area contributed by atoms with Crippen LogP contribution in [-0.4, -0.2) is 46.0 Å². The van der Waals surface area contributed by atoms with Crippen LogP contribution in [0.5, 0.6) is 0 Å². The molecule has 29 heavy (non-hydrogen) atoms. The summed E-state index contributed by atoms with van der Waals surface area (Å²) in [6.45, 7) is 4.74. The van der Waals surface area contributed by atoms with Crippen LogP contribution in [0.3, 0.4) is 0 Å². The third kappa shape index (κ3) is 4.99. The Morgan fingerprint density at radius 2 is 1.90 bits per heavy atom. The molecule has 1 heterocycles. The lowest BCUT2D eigenvalue weighted by Crippen LogP contribution is -2.52. The van der Waals surface area contributed by atoms with Gasteiger partial charge in [-0.25, -0.2) is 4.79 Å². The lowest BCUT2D eigenvalue weighted by molar-refractivity contribution is -0.131. The van der Waals surface area contributed by atoms with Crippen molar-refractivity contribution in [3.05, 3.63) is 0 Å². The molecule has 3 rings (SSSR count). The molecule has 0 bridgehead atoms. The molecule has 4 amide bonds. The second-order valence-corrected chi connectivity index (χ2v) is 9.21. The van der Waals surface area contributed by atoms with Gasteiger partial charge in [-0.15, -0.1) is 0 Å². The van der Waals surface area contributed by atoms with E-state index in [0.717, 1.165) is 19.3 Å². The zero-order valence-electron chi connectivity index (χ0n) is 17.4. The van der Waals surface area contributed by atoms with Gasteiger partial charge in [-0.3, -0.25) is 25.3 Å². The molecular weight excluding hydrogens is 390 g/mol. The highest BCUT2D eigenvalue weighted by Gasteiger charge is 2.52. The first-order chi connectivity index (χ1) is 13.8. The fourth-order valence-electron chi connectivity index (χ4n) is 4.77. The van der Waals surface area contributed by atoms with Crippen LogP contribution in [0.15, 0.2) is 0 Å². The van der Waals surface area contributed by atoms with Crippen molar-refractivity contribution in [1.29, 1.82) is 0 Å². The van der Waals surface area contributed by atoms with Crippen molar-refractivity contribution in [1.82, 2.24) is 26.4 Å². The average Bonchev–Trinajstić information content (AvgIpc) is 3.24. The normalized spacial score (nSPS) is 28.3. The second kappa shape index (κ2) is 9.28. The molecule has 162 valence electrons. The van der Waals surface area contributed by atoms with Crippen molar-refractivity contribution < 1.29 is 14.4 Å². The molecule has 3 aliphatic rings. The predicted molar refractivity (Wildman–Crippen MR) is 114 cm³/mol. The Morgan fingerprint density at radius 3 is 2.62 bits per heavy atom. The summed E-state index contributed by atoms with van der Waals surface area (Å²) in [5, 5.41) is 6.56. The zero-order chi connectivity index (χ0) is 21.0. The summed E-state index contributed by atoms with van der Waals surface area (Å²) in [4.78, 5) is 38.0. The van der Waals surface area contributed by atoms with E-state index in [-0.39, 0.29) is 30.8 Å². The van der Waals surface area contributed by atoms with Gasteiger partial charge in [0.1, 0.15) is 5.54 Å². The maximum Gasteiger partial charge on any atom is 0.325 e. The van der Waals surface area contributed by atoms with Crippen LogP contribution in [0.4, 0.5) is 4.79 Å². The molecule has 0 aromatic heterocycles. The van der Waals surface area contributed by atoms with Crippen molar-refractivity contribution in [3.8, 4) is 0 Å². The summed E-state index contributed by atoms with van der Waals surface area (Å²) in [6.07, 6.45) is 7.46. The second-order valence-electron chi connectivity index (χ2n) is 8.80. The molecule has 0 aromatic carbocycles. The van der Waals surface area contributed by atoms with Crippen molar-refractivity contribution >= 4 is 35.2 Å². The minimum atomic E-state index is -0.688. The highest BCUT2D eigenvalue weighted by Crippen LogP contribution is 2.35. The summed E-state index contributed by atoms with van der Waals surface area (Å²) < 4.78 is 0. The largest absolute Gasteiger partial charge is 0.358 e. The molecule has 0 unspecified atom stereocenters. The van der Waals surface area contributed by atoms with E-state index in [2.05, 4.69) is 35.3 Å². The first-order valence-electron chi connectivity index (χ1n) is 10.8. The minimum Gasteiger partial charge on any atom is -0.358 e. The van der Waals surface area contributed by atoms with E-state index in [1.54, 1.807) is 0 Å². The smallest absolute Gasteiger partial charge is 0.325 e. The lowest BCUT2D eigenvalue weighted by Gasteiger charge is -2.35. The van der Waals surface area contributed by atoms with Crippen LogP contribution < -0.4 is 21.5 Å². The topological polar surface area (TPSA) is 103 Å². The quantitative estimate of drug-likeness (QED) is 0.306. The van der Waals surface area contributed by atoms with Gasteiger partial charge in [0.25, 0.3) is 5.91 Å². The number of carbonyl (C=O) groups excluding carboxylic acids is 3. The van der Waals surface area contributed by atoms with E-state index >= 15 is 0 Å². The van der Waals surface area contributed by atoms with Gasteiger partial charge in [0.05, 0.1) is 0 Å². The highest BCUT2D eigenvalue weighted by molar-refractivity contribution is 7.80. The number of urea groups is 1. The molecule has 2 aliphatic carbocycles. The first-order valence-corrected chi connectivity index (χ1v) is 11.2. The summed E-state index contributed by atoms with van der Waals surface area (Å²) in [7, 11) is 0. The Morgan fingerprint density at radius 1 is 1.17 bits per heavy atom. The van der Waals surface area contributed by atoms with Gasteiger partial charge in [-0.2, -0.15) is 0 Å². The van der Waals surface area contributed by atoms with E-state index in [4.69, 9.17) is 12.2 Å². The maximum absolute atomic E-state index is 12.6.